The third kappa shape index (κ3) is 3.06. The lowest BCUT2D eigenvalue weighted by atomic mass is 10.0. The van der Waals surface area contributed by atoms with Gasteiger partial charge in [0, 0.05) is 11.1 Å². The van der Waals surface area contributed by atoms with E-state index in [2.05, 4.69) is 35.8 Å². The minimum atomic E-state index is 0.416. The molecule has 0 aliphatic carbocycles. The van der Waals surface area contributed by atoms with Gasteiger partial charge in [-0.05, 0) is 45.6 Å². The SMILES string of the molecule is CC(C)c1ccccc1Oc1cc(Cl)ccc1Br. The monoisotopic (exact) mass is 324 g/mol. The quantitative estimate of drug-likeness (QED) is 0.670. The minimum Gasteiger partial charge on any atom is -0.456 e. The molecule has 94 valence electrons. The summed E-state index contributed by atoms with van der Waals surface area (Å²) in [6.07, 6.45) is 0. The Bertz CT molecular complexity index is 552. The fourth-order valence-electron chi connectivity index (χ4n) is 1.72. The summed E-state index contributed by atoms with van der Waals surface area (Å²) in [7, 11) is 0. The first-order valence-corrected chi connectivity index (χ1v) is 6.97. The molecule has 0 aliphatic heterocycles. The molecular weight excluding hydrogens is 312 g/mol. The first-order valence-electron chi connectivity index (χ1n) is 5.79. The maximum Gasteiger partial charge on any atom is 0.143 e. The fourth-order valence-corrected chi connectivity index (χ4v) is 2.21. The van der Waals surface area contributed by atoms with Gasteiger partial charge < -0.3 is 4.74 Å². The lowest BCUT2D eigenvalue weighted by Crippen LogP contribution is -1.94. The molecular formula is C15H14BrClO. The van der Waals surface area contributed by atoms with Crippen molar-refractivity contribution in [2.45, 2.75) is 19.8 Å². The summed E-state index contributed by atoms with van der Waals surface area (Å²) in [4.78, 5) is 0. The van der Waals surface area contributed by atoms with E-state index in [1.165, 1.54) is 5.56 Å². The van der Waals surface area contributed by atoms with Crippen LogP contribution in [0.5, 0.6) is 11.5 Å². The van der Waals surface area contributed by atoms with Gasteiger partial charge in [0.1, 0.15) is 11.5 Å². The van der Waals surface area contributed by atoms with E-state index in [0.29, 0.717) is 10.9 Å². The molecule has 2 aromatic rings. The van der Waals surface area contributed by atoms with Gasteiger partial charge in [0.05, 0.1) is 4.47 Å². The second-order valence-electron chi connectivity index (χ2n) is 4.37. The average molecular weight is 326 g/mol. The van der Waals surface area contributed by atoms with E-state index < -0.39 is 0 Å². The smallest absolute Gasteiger partial charge is 0.143 e. The summed E-state index contributed by atoms with van der Waals surface area (Å²) in [5.74, 6) is 2.02. The van der Waals surface area contributed by atoms with E-state index >= 15 is 0 Å². The van der Waals surface area contributed by atoms with Crippen molar-refractivity contribution in [2.75, 3.05) is 0 Å². The number of rotatable bonds is 3. The maximum atomic E-state index is 5.98. The van der Waals surface area contributed by atoms with Crippen LogP contribution in [0.1, 0.15) is 25.3 Å². The Labute approximate surface area is 121 Å². The van der Waals surface area contributed by atoms with Gasteiger partial charge in [-0.3, -0.25) is 0 Å². The zero-order valence-corrected chi connectivity index (χ0v) is 12.6. The number of hydrogen-bond donors (Lipinski definition) is 0. The highest BCUT2D eigenvalue weighted by molar-refractivity contribution is 9.10. The van der Waals surface area contributed by atoms with Crippen LogP contribution in [0.15, 0.2) is 46.9 Å². The van der Waals surface area contributed by atoms with E-state index in [1.807, 2.05) is 36.4 Å². The van der Waals surface area contributed by atoms with Gasteiger partial charge in [0.25, 0.3) is 0 Å². The van der Waals surface area contributed by atoms with Crippen molar-refractivity contribution in [1.29, 1.82) is 0 Å². The summed E-state index contributed by atoms with van der Waals surface area (Å²) in [6, 6.07) is 13.6. The lowest BCUT2D eigenvalue weighted by molar-refractivity contribution is 0.470. The van der Waals surface area contributed by atoms with E-state index in [-0.39, 0.29) is 0 Å². The summed E-state index contributed by atoms with van der Waals surface area (Å²) < 4.78 is 6.85. The molecule has 0 saturated heterocycles. The van der Waals surface area contributed by atoms with Crippen LogP contribution in [0.4, 0.5) is 0 Å². The van der Waals surface area contributed by atoms with Crippen molar-refractivity contribution in [3.8, 4) is 11.5 Å². The van der Waals surface area contributed by atoms with Gasteiger partial charge in [0.2, 0.25) is 0 Å². The van der Waals surface area contributed by atoms with Crippen molar-refractivity contribution in [3.63, 3.8) is 0 Å². The summed E-state index contributed by atoms with van der Waals surface area (Å²) >= 11 is 9.45. The Balaban J connectivity index is 2.37. The van der Waals surface area contributed by atoms with Crippen LogP contribution in [0.25, 0.3) is 0 Å². The van der Waals surface area contributed by atoms with Crippen molar-refractivity contribution >= 4 is 27.5 Å². The molecule has 0 aliphatic rings. The fraction of sp³-hybridized carbons (Fsp3) is 0.200. The standard InChI is InChI=1S/C15H14BrClO/c1-10(2)12-5-3-4-6-14(12)18-15-9-11(17)7-8-13(15)16/h3-10H,1-2H3. The molecule has 0 amide bonds. The number of benzene rings is 2. The molecule has 0 unspecified atom stereocenters. The molecule has 0 bridgehead atoms. The summed E-state index contributed by atoms with van der Waals surface area (Å²) in [5.41, 5.74) is 1.18. The molecule has 0 aromatic heterocycles. The number of hydrogen-bond acceptors (Lipinski definition) is 1. The number of para-hydroxylation sites is 1. The van der Waals surface area contributed by atoms with Crippen LogP contribution >= 0.6 is 27.5 Å². The Morgan fingerprint density at radius 3 is 2.50 bits per heavy atom. The maximum absolute atomic E-state index is 5.98. The Morgan fingerprint density at radius 1 is 1.06 bits per heavy atom. The molecule has 2 rings (SSSR count). The predicted octanol–water partition coefficient (Wildman–Crippen LogP) is 6.02. The van der Waals surface area contributed by atoms with Gasteiger partial charge >= 0.3 is 0 Å². The molecule has 0 atom stereocenters. The van der Waals surface area contributed by atoms with Crippen molar-refractivity contribution in [3.05, 3.63) is 57.5 Å². The normalized spacial score (nSPS) is 10.7. The van der Waals surface area contributed by atoms with Crippen molar-refractivity contribution in [1.82, 2.24) is 0 Å². The molecule has 0 spiro atoms. The summed E-state index contributed by atoms with van der Waals surface area (Å²) in [5, 5.41) is 0.662. The zero-order valence-electron chi connectivity index (χ0n) is 10.3. The van der Waals surface area contributed by atoms with Crippen LogP contribution in [0.2, 0.25) is 5.02 Å². The minimum absolute atomic E-state index is 0.416. The van der Waals surface area contributed by atoms with Gasteiger partial charge in [-0.2, -0.15) is 0 Å². The molecule has 1 nitrogen and oxygen atoms in total. The first-order chi connectivity index (χ1) is 8.58. The van der Waals surface area contributed by atoms with E-state index in [1.54, 1.807) is 0 Å². The van der Waals surface area contributed by atoms with Crippen molar-refractivity contribution < 1.29 is 4.74 Å². The molecule has 0 saturated carbocycles. The van der Waals surface area contributed by atoms with E-state index in [0.717, 1.165) is 16.0 Å². The third-order valence-corrected chi connectivity index (χ3v) is 3.54. The van der Waals surface area contributed by atoms with Crippen LogP contribution in [-0.2, 0) is 0 Å². The van der Waals surface area contributed by atoms with Crippen LogP contribution in [-0.4, -0.2) is 0 Å². The highest BCUT2D eigenvalue weighted by atomic mass is 79.9. The molecule has 0 radical (unpaired) electrons. The molecule has 2 aromatic carbocycles. The highest BCUT2D eigenvalue weighted by Crippen LogP contribution is 2.35. The third-order valence-electron chi connectivity index (χ3n) is 2.65. The topological polar surface area (TPSA) is 9.23 Å². The van der Waals surface area contributed by atoms with Gasteiger partial charge in [0.15, 0.2) is 0 Å². The highest BCUT2D eigenvalue weighted by Gasteiger charge is 2.10. The van der Waals surface area contributed by atoms with Gasteiger partial charge in [-0.25, -0.2) is 0 Å². The van der Waals surface area contributed by atoms with E-state index in [4.69, 9.17) is 16.3 Å². The first kappa shape index (κ1) is 13.4. The zero-order chi connectivity index (χ0) is 13.1. The molecule has 3 heteroatoms. The molecule has 0 fully saturated rings. The second-order valence-corrected chi connectivity index (χ2v) is 5.66. The van der Waals surface area contributed by atoms with Gasteiger partial charge in [-0.1, -0.05) is 43.6 Å². The number of halogens is 2. The van der Waals surface area contributed by atoms with Crippen LogP contribution in [0, 0.1) is 0 Å². The lowest BCUT2D eigenvalue weighted by Gasteiger charge is -2.14. The molecule has 0 heterocycles. The predicted molar refractivity (Wildman–Crippen MR) is 79.8 cm³/mol. The van der Waals surface area contributed by atoms with Crippen molar-refractivity contribution in [2.24, 2.45) is 0 Å². The number of ether oxygens (including phenoxy) is 1. The second kappa shape index (κ2) is 5.77. The van der Waals surface area contributed by atoms with Gasteiger partial charge in [-0.15, -0.1) is 0 Å². The average Bonchev–Trinajstić information content (AvgIpc) is 2.34. The van der Waals surface area contributed by atoms with Crippen LogP contribution < -0.4 is 4.74 Å². The molecule has 0 N–H and O–H groups in total. The largest absolute Gasteiger partial charge is 0.456 e. The Morgan fingerprint density at radius 2 is 1.78 bits per heavy atom. The Hall–Kier alpha value is -0.990. The van der Waals surface area contributed by atoms with Crippen LogP contribution in [0.3, 0.4) is 0 Å². The molecule has 18 heavy (non-hydrogen) atoms. The summed E-state index contributed by atoms with van der Waals surface area (Å²) in [6.45, 7) is 4.30. The van der Waals surface area contributed by atoms with E-state index in [9.17, 15) is 0 Å². The Kier molecular flexibility index (Phi) is 4.31.